The highest BCUT2D eigenvalue weighted by Crippen LogP contribution is 2.32. The molecule has 1 atom stereocenters. The van der Waals surface area contributed by atoms with E-state index in [0.29, 0.717) is 40.8 Å². The fourth-order valence-corrected chi connectivity index (χ4v) is 6.10. The van der Waals surface area contributed by atoms with Crippen LogP contribution in [0.25, 0.3) is 6.08 Å². The first kappa shape index (κ1) is 21.1. The van der Waals surface area contributed by atoms with Gasteiger partial charge in [-0.2, -0.15) is 0 Å². The minimum atomic E-state index is -2.99. The van der Waals surface area contributed by atoms with Crippen molar-refractivity contribution in [2.45, 2.75) is 38.1 Å². The van der Waals surface area contributed by atoms with Crippen LogP contribution < -0.4 is 5.32 Å². The average Bonchev–Trinajstić information content (AvgIpc) is 3.31. The number of sulfone groups is 1. The van der Waals surface area contributed by atoms with Gasteiger partial charge in [-0.05, 0) is 31.4 Å². The van der Waals surface area contributed by atoms with Gasteiger partial charge >= 0.3 is 0 Å². The lowest BCUT2D eigenvalue weighted by Gasteiger charge is -2.14. The standard InChI is InChI=1S/C18H22N2O5S3/c21-16(19-13-7-10-28(23,24)12-13)6-2-1-3-8-20-17(22)15(27-18(20)26)11-14-5-4-9-25-14/h4-5,9,11,13H,1-3,6-8,10,12H2,(H,19,21). The Morgan fingerprint density at radius 2 is 2.21 bits per heavy atom. The molecule has 0 saturated carbocycles. The molecule has 1 aromatic heterocycles. The van der Waals surface area contributed by atoms with Crippen molar-refractivity contribution in [1.82, 2.24) is 10.2 Å². The first-order valence-electron chi connectivity index (χ1n) is 9.13. The van der Waals surface area contributed by atoms with Crippen LogP contribution in [-0.2, 0) is 19.4 Å². The molecule has 2 aliphatic heterocycles. The van der Waals surface area contributed by atoms with Gasteiger partial charge in [-0.15, -0.1) is 0 Å². The van der Waals surface area contributed by atoms with E-state index in [1.165, 1.54) is 11.8 Å². The Kier molecular flexibility index (Phi) is 6.95. The maximum Gasteiger partial charge on any atom is 0.266 e. The van der Waals surface area contributed by atoms with Gasteiger partial charge in [0.05, 0.1) is 22.7 Å². The lowest BCUT2D eigenvalue weighted by molar-refractivity contribution is -0.123. The van der Waals surface area contributed by atoms with Crippen molar-refractivity contribution in [3.8, 4) is 0 Å². The van der Waals surface area contributed by atoms with E-state index in [9.17, 15) is 18.0 Å². The number of nitrogens with one attached hydrogen (secondary N) is 1. The smallest absolute Gasteiger partial charge is 0.266 e. The molecular formula is C18H22N2O5S3. The molecule has 28 heavy (non-hydrogen) atoms. The van der Waals surface area contributed by atoms with E-state index < -0.39 is 9.84 Å². The summed E-state index contributed by atoms with van der Waals surface area (Å²) >= 11 is 6.55. The van der Waals surface area contributed by atoms with Crippen LogP contribution in [0.5, 0.6) is 0 Å². The van der Waals surface area contributed by atoms with Crippen molar-refractivity contribution in [3.05, 3.63) is 29.1 Å². The number of rotatable bonds is 8. The predicted octanol–water partition coefficient (Wildman–Crippen LogP) is 2.34. The van der Waals surface area contributed by atoms with E-state index in [1.807, 2.05) is 0 Å². The second kappa shape index (κ2) is 9.23. The monoisotopic (exact) mass is 442 g/mol. The van der Waals surface area contributed by atoms with Gasteiger partial charge in [0.15, 0.2) is 9.84 Å². The minimum Gasteiger partial charge on any atom is -0.465 e. The van der Waals surface area contributed by atoms with Gasteiger partial charge in [0.2, 0.25) is 5.91 Å². The van der Waals surface area contributed by atoms with Crippen molar-refractivity contribution in [1.29, 1.82) is 0 Å². The van der Waals surface area contributed by atoms with Crippen LogP contribution in [0, 0.1) is 0 Å². The maximum absolute atomic E-state index is 12.5. The Morgan fingerprint density at radius 3 is 2.89 bits per heavy atom. The fourth-order valence-electron chi connectivity index (χ4n) is 3.14. The molecule has 3 heterocycles. The third-order valence-electron chi connectivity index (χ3n) is 4.57. The van der Waals surface area contributed by atoms with Gasteiger partial charge in [0, 0.05) is 25.1 Å². The average molecular weight is 443 g/mol. The number of carbonyl (C=O) groups is 2. The lowest BCUT2D eigenvalue weighted by atomic mass is 10.1. The second-order valence-electron chi connectivity index (χ2n) is 6.83. The highest BCUT2D eigenvalue weighted by molar-refractivity contribution is 8.26. The Balaban J connectivity index is 1.35. The van der Waals surface area contributed by atoms with E-state index >= 15 is 0 Å². The summed E-state index contributed by atoms with van der Waals surface area (Å²) in [5.41, 5.74) is 0. The molecule has 1 N–H and O–H groups in total. The number of unbranched alkanes of at least 4 members (excludes halogenated alkanes) is 2. The van der Waals surface area contributed by atoms with E-state index in [4.69, 9.17) is 16.6 Å². The number of nitrogens with zero attached hydrogens (tertiary/aromatic N) is 1. The zero-order valence-electron chi connectivity index (χ0n) is 15.3. The molecule has 2 aliphatic rings. The molecule has 2 amide bonds. The first-order chi connectivity index (χ1) is 13.3. The largest absolute Gasteiger partial charge is 0.465 e. The van der Waals surface area contributed by atoms with E-state index in [-0.39, 0.29) is 29.4 Å². The zero-order valence-corrected chi connectivity index (χ0v) is 17.7. The van der Waals surface area contributed by atoms with Crippen LogP contribution in [0.2, 0.25) is 0 Å². The number of furan rings is 1. The van der Waals surface area contributed by atoms with Crippen LogP contribution in [0.15, 0.2) is 27.7 Å². The predicted molar refractivity (Wildman–Crippen MR) is 112 cm³/mol. The second-order valence-corrected chi connectivity index (χ2v) is 10.7. The number of thiocarbonyl (C=S) groups is 1. The summed E-state index contributed by atoms with van der Waals surface area (Å²) in [4.78, 5) is 26.5. The molecule has 2 fully saturated rings. The highest BCUT2D eigenvalue weighted by atomic mass is 32.2. The molecular weight excluding hydrogens is 420 g/mol. The SMILES string of the molecule is O=C(CCCCCN1C(=O)C(=Cc2ccco2)SC1=S)NC1CCS(=O)(=O)C1. The summed E-state index contributed by atoms with van der Waals surface area (Å²) in [5.74, 6) is 0.566. The first-order valence-corrected chi connectivity index (χ1v) is 12.2. The molecule has 0 aliphatic carbocycles. The maximum atomic E-state index is 12.5. The van der Waals surface area contributed by atoms with E-state index in [1.54, 1.807) is 29.4 Å². The third-order valence-corrected chi connectivity index (χ3v) is 7.72. The van der Waals surface area contributed by atoms with Gasteiger partial charge in [-0.25, -0.2) is 8.42 Å². The minimum absolute atomic E-state index is 0.0405. The topological polar surface area (TPSA) is 96.7 Å². The van der Waals surface area contributed by atoms with Gasteiger partial charge in [0.25, 0.3) is 5.91 Å². The molecule has 0 spiro atoms. The summed E-state index contributed by atoms with van der Waals surface area (Å²) in [6, 6.07) is 3.28. The van der Waals surface area contributed by atoms with Crippen LogP contribution in [0.3, 0.4) is 0 Å². The number of thioether (sulfide) groups is 1. The van der Waals surface area contributed by atoms with Crippen molar-refractivity contribution < 1.29 is 22.4 Å². The highest BCUT2D eigenvalue weighted by Gasteiger charge is 2.32. The number of hydrogen-bond acceptors (Lipinski definition) is 7. The van der Waals surface area contributed by atoms with Gasteiger partial charge in [0.1, 0.15) is 10.1 Å². The van der Waals surface area contributed by atoms with Crippen LogP contribution >= 0.6 is 24.0 Å². The van der Waals surface area contributed by atoms with E-state index in [0.717, 1.165) is 12.8 Å². The zero-order chi connectivity index (χ0) is 20.1. The van der Waals surface area contributed by atoms with Gasteiger partial charge in [-0.3, -0.25) is 14.5 Å². The molecule has 0 bridgehead atoms. The van der Waals surface area contributed by atoms with Crippen LogP contribution in [0.1, 0.15) is 37.9 Å². The summed E-state index contributed by atoms with van der Waals surface area (Å²) in [6.07, 6.45) is 6.29. The van der Waals surface area contributed by atoms with Crippen molar-refractivity contribution >= 4 is 56.0 Å². The van der Waals surface area contributed by atoms with Crippen molar-refractivity contribution in [2.75, 3.05) is 18.1 Å². The molecule has 0 radical (unpaired) electrons. The van der Waals surface area contributed by atoms with Crippen molar-refractivity contribution in [2.24, 2.45) is 0 Å². The number of hydrogen-bond donors (Lipinski definition) is 1. The Morgan fingerprint density at radius 1 is 1.39 bits per heavy atom. The third kappa shape index (κ3) is 5.68. The molecule has 3 rings (SSSR count). The Hall–Kier alpha value is -1.65. The quantitative estimate of drug-likeness (QED) is 0.375. The van der Waals surface area contributed by atoms with Gasteiger partial charge < -0.3 is 9.73 Å². The van der Waals surface area contributed by atoms with Crippen LogP contribution in [0.4, 0.5) is 0 Å². The van der Waals surface area contributed by atoms with Crippen LogP contribution in [-0.4, -0.2) is 53.5 Å². The molecule has 1 aromatic rings. The molecule has 7 nitrogen and oxygen atoms in total. The van der Waals surface area contributed by atoms with E-state index in [2.05, 4.69) is 5.32 Å². The molecule has 152 valence electrons. The summed E-state index contributed by atoms with van der Waals surface area (Å²) in [7, 11) is -2.99. The lowest BCUT2D eigenvalue weighted by Crippen LogP contribution is -2.35. The fraction of sp³-hybridized carbons (Fsp3) is 0.500. The number of carbonyl (C=O) groups excluding carboxylic acids is 2. The molecule has 2 saturated heterocycles. The Labute approximate surface area is 173 Å². The Bertz CT molecular complexity index is 877. The normalized spacial score (nSPS) is 22.9. The summed E-state index contributed by atoms with van der Waals surface area (Å²) in [6.45, 7) is 0.517. The van der Waals surface area contributed by atoms with Gasteiger partial charge in [-0.1, -0.05) is 30.4 Å². The molecule has 0 aromatic carbocycles. The molecule has 10 heteroatoms. The number of amides is 2. The summed E-state index contributed by atoms with van der Waals surface area (Å²) in [5, 5.41) is 2.78. The van der Waals surface area contributed by atoms with Crippen molar-refractivity contribution in [3.63, 3.8) is 0 Å². The summed E-state index contributed by atoms with van der Waals surface area (Å²) < 4.78 is 28.6. The molecule has 1 unspecified atom stereocenters.